The summed E-state index contributed by atoms with van der Waals surface area (Å²) >= 11 is 1.45. The van der Waals surface area contributed by atoms with Crippen molar-refractivity contribution in [1.82, 2.24) is 9.88 Å². The van der Waals surface area contributed by atoms with Crippen molar-refractivity contribution in [2.24, 2.45) is 0 Å². The van der Waals surface area contributed by atoms with Crippen LogP contribution in [0.15, 0.2) is 36.4 Å². The lowest BCUT2D eigenvalue weighted by atomic mass is 10.1. The van der Waals surface area contributed by atoms with Gasteiger partial charge in [-0.05, 0) is 36.2 Å². The van der Waals surface area contributed by atoms with Gasteiger partial charge in [-0.15, -0.1) is 0 Å². The van der Waals surface area contributed by atoms with E-state index in [-0.39, 0.29) is 11.8 Å². The molecule has 0 radical (unpaired) electrons. The molecular formula is C24H26N4O4S. The second kappa shape index (κ2) is 9.36. The molecule has 8 nitrogen and oxygen atoms in total. The van der Waals surface area contributed by atoms with Gasteiger partial charge in [0.15, 0.2) is 5.13 Å². The van der Waals surface area contributed by atoms with Crippen LogP contribution in [0, 0.1) is 0 Å². The van der Waals surface area contributed by atoms with Gasteiger partial charge in [0, 0.05) is 38.2 Å². The Morgan fingerprint density at radius 2 is 1.94 bits per heavy atom. The van der Waals surface area contributed by atoms with Crippen LogP contribution < -0.4 is 15.0 Å². The van der Waals surface area contributed by atoms with Crippen molar-refractivity contribution in [2.45, 2.75) is 19.4 Å². The van der Waals surface area contributed by atoms with Crippen LogP contribution >= 0.6 is 11.3 Å². The number of hydrogen-bond donors (Lipinski definition) is 1. The Morgan fingerprint density at radius 1 is 1.15 bits per heavy atom. The van der Waals surface area contributed by atoms with Gasteiger partial charge in [-0.2, -0.15) is 0 Å². The number of thiazole rings is 1. The molecule has 2 amide bonds. The summed E-state index contributed by atoms with van der Waals surface area (Å²) in [6.07, 6.45) is 1.54. The number of carbonyl (C=O) groups is 2. The highest BCUT2D eigenvalue weighted by atomic mass is 32.1. The van der Waals surface area contributed by atoms with Gasteiger partial charge < -0.3 is 19.3 Å². The van der Waals surface area contributed by atoms with Crippen molar-refractivity contribution in [3.63, 3.8) is 0 Å². The Labute approximate surface area is 196 Å². The normalized spacial score (nSPS) is 16.5. The first-order valence-electron chi connectivity index (χ1n) is 11.1. The van der Waals surface area contributed by atoms with Crippen LogP contribution in [-0.2, 0) is 16.1 Å². The largest absolute Gasteiger partial charge is 0.494 e. The number of aromatic nitrogens is 1. The first kappa shape index (κ1) is 21.7. The number of anilines is 2. The topological polar surface area (TPSA) is 84.0 Å². The van der Waals surface area contributed by atoms with E-state index in [1.54, 1.807) is 19.2 Å². The summed E-state index contributed by atoms with van der Waals surface area (Å²) in [7, 11) is 1.62. The number of rotatable bonds is 6. The fourth-order valence-corrected chi connectivity index (χ4v) is 5.28. The van der Waals surface area contributed by atoms with Crippen LogP contribution in [0.25, 0.3) is 10.2 Å². The van der Waals surface area contributed by atoms with E-state index < -0.39 is 0 Å². The zero-order valence-corrected chi connectivity index (χ0v) is 19.3. The summed E-state index contributed by atoms with van der Waals surface area (Å²) in [5.41, 5.74) is 3.38. The highest BCUT2D eigenvalue weighted by Crippen LogP contribution is 2.39. The molecule has 0 spiro atoms. The van der Waals surface area contributed by atoms with Gasteiger partial charge in [0.2, 0.25) is 5.91 Å². The predicted octanol–water partition coefficient (Wildman–Crippen LogP) is 3.52. The summed E-state index contributed by atoms with van der Waals surface area (Å²) in [6.45, 7) is 4.40. The van der Waals surface area contributed by atoms with Gasteiger partial charge in [0.1, 0.15) is 11.3 Å². The van der Waals surface area contributed by atoms with E-state index in [9.17, 15) is 9.59 Å². The Bertz CT molecular complexity index is 1170. The molecule has 9 heteroatoms. The molecule has 3 heterocycles. The summed E-state index contributed by atoms with van der Waals surface area (Å²) in [6, 6.07) is 11.3. The molecular weight excluding hydrogens is 440 g/mol. The van der Waals surface area contributed by atoms with E-state index in [0.717, 1.165) is 47.5 Å². The first-order chi connectivity index (χ1) is 16.1. The second-order valence-corrected chi connectivity index (χ2v) is 9.15. The quantitative estimate of drug-likeness (QED) is 0.599. The van der Waals surface area contributed by atoms with Crippen molar-refractivity contribution >= 4 is 44.2 Å². The molecule has 2 fully saturated rings. The van der Waals surface area contributed by atoms with Gasteiger partial charge in [0.25, 0.3) is 5.91 Å². The highest BCUT2D eigenvalue weighted by molar-refractivity contribution is 7.23. The van der Waals surface area contributed by atoms with Crippen molar-refractivity contribution in [2.75, 3.05) is 50.2 Å². The SMILES string of the molecule is COc1ccc(N2CCOCC2)c2sc(NC(=O)c3ccc(CN4CCCC4=O)cc3)nc12. The molecule has 3 aromatic rings. The number of nitrogens with one attached hydrogen (secondary N) is 1. The molecule has 0 saturated carbocycles. The standard InChI is InChI=1S/C24H26N4O4S/c1-31-19-9-8-18(27-11-13-32-14-12-27)22-21(19)25-24(33-22)26-23(30)17-6-4-16(5-7-17)15-28-10-2-3-20(28)29/h4-9H,2-3,10-15H2,1H3,(H,25,26,30). The summed E-state index contributed by atoms with van der Waals surface area (Å²) < 4.78 is 12.0. The van der Waals surface area contributed by atoms with Crippen LogP contribution in [0.5, 0.6) is 5.75 Å². The van der Waals surface area contributed by atoms with Gasteiger partial charge in [-0.1, -0.05) is 23.5 Å². The number of likely N-dealkylation sites (tertiary alicyclic amines) is 1. The molecule has 1 N–H and O–H groups in total. The number of methoxy groups -OCH3 is 1. The lowest BCUT2D eigenvalue weighted by Gasteiger charge is -2.29. The van der Waals surface area contributed by atoms with Crippen LogP contribution in [0.4, 0.5) is 10.8 Å². The minimum Gasteiger partial charge on any atom is -0.494 e. The molecule has 2 saturated heterocycles. The van der Waals surface area contributed by atoms with Crippen molar-refractivity contribution < 1.29 is 19.1 Å². The average molecular weight is 467 g/mol. The number of nitrogens with zero attached hydrogens (tertiary/aromatic N) is 3. The zero-order chi connectivity index (χ0) is 22.8. The molecule has 2 aliphatic heterocycles. The Balaban J connectivity index is 1.34. The van der Waals surface area contributed by atoms with Crippen molar-refractivity contribution in [3.05, 3.63) is 47.5 Å². The number of hydrogen-bond acceptors (Lipinski definition) is 7. The number of amides is 2. The van der Waals surface area contributed by atoms with Gasteiger partial charge >= 0.3 is 0 Å². The molecule has 172 valence electrons. The molecule has 33 heavy (non-hydrogen) atoms. The first-order valence-corrected chi connectivity index (χ1v) is 11.9. The number of morpholine rings is 1. The van der Waals surface area contributed by atoms with E-state index in [4.69, 9.17) is 9.47 Å². The van der Waals surface area contributed by atoms with E-state index >= 15 is 0 Å². The number of fused-ring (bicyclic) bond motifs is 1. The molecule has 5 rings (SSSR count). The van der Waals surface area contributed by atoms with Gasteiger partial charge in [-0.3, -0.25) is 14.9 Å². The smallest absolute Gasteiger partial charge is 0.257 e. The molecule has 0 bridgehead atoms. The average Bonchev–Trinajstić information content (AvgIpc) is 3.45. The van der Waals surface area contributed by atoms with Crippen LogP contribution in [-0.4, -0.2) is 61.7 Å². The fourth-order valence-electron chi connectivity index (χ4n) is 4.26. The fraction of sp³-hybridized carbons (Fsp3) is 0.375. The van der Waals surface area contributed by atoms with Crippen LogP contribution in [0.3, 0.4) is 0 Å². The summed E-state index contributed by atoms with van der Waals surface area (Å²) in [5, 5.41) is 3.46. The van der Waals surface area contributed by atoms with Crippen LogP contribution in [0.2, 0.25) is 0 Å². The maximum Gasteiger partial charge on any atom is 0.257 e. The van der Waals surface area contributed by atoms with E-state index in [2.05, 4.69) is 15.2 Å². The molecule has 0 aliphatic carbocycles. The maximum absolute atomic E-state index is 12.9. The maximum atomic E-state index is 12.9. The Kier molecular flexibility index (Phi) is 6.15. The molecule has 1 aromatic heterocycles. The lowest BCUT2D eigenvalue weighted by molar-refractivity contribution is -0.128. The lowest BCUT2D eigenvalue weighted by Crippen LogP contribution is -2.36. The Morgan fingerprint density at radius 3 is 2.64 bits per heavy atom. The van der Waals surface area contributed by atoms with Gasteiger partial charge in [0.05, 0.1) is 30.7 Å². The molecule has 2 aliphatic rings. The minimum absolute atomic E-state index is 0.194. The molecule has 0 unspecified atom stereocenters. The number of benzene rings is 2. The third-order valence-corrected chi connectivity index (χ3v) is 7.03. The van der Waals surface area contributed by atoms with Crippen LogP contribution in [0.1, 0.15) is 28.8 Å². The Hall–Kier alpha value is -3.17. The van der Waals surface area contributed by atoms with Crippen molar-refractivity contribution in [1.29, 1.82) is 0 Å². The zero-order valence-electron chi connectivity index (χ0n) is 18.5. The third kappa shape index (κ3) is 4.51. The number of ether oxygens (including phenoxy) is 2. The molecule has 2 aromatic carbocycles. The van der Waals surface area contributed by atoms with Crippen molar-refractivity contribution in [3.8, 4) is 5.75 Å². The number of carbonyl (C=O) groups excluding carboxylic acids is 2. The van der Waals surface area contributed by atoms with E-state index in [1.807, 2.05) is 29.2 Å². The van der Waals surface area contributed by atoms with Gasteiger partial charge in [-0.25, -0.2) is 4.98 Å². The monoisotopic (exact) mass is 466 g/mol. The second-order valence-electron chi connectivity index (χ2n) is 8.15. The third-order valence-electron chi connectivity index (χ3n) is 6.04. The summed E-state index contributed by atoms with van der Waals surface area (Å²) in [4.78, 5) is 33.5. The minimum atomic E-state index is -0.218. The predicted molar refractivity (Wildman–Crippen MR) is 128 cm³/mol. The molecule has 0 atom stereocenters. The summed E-state index contributed by atoms with van der Waals surface area (Å²) in [5.74, 6) is 0.656. The van der Waals surface area contributed by atoms with E-state index in [0.29, 0.717) is 42.6 Å². The van der Waals surface area contributed by atoms with E-state index in [1.165, 1.54) is 11.3 Å². The highest BCUT2D eigenvalue weighted by Gasteiger charge is 2.21.